The predicted molar refractivity (Wildman–Crippen MR) is 220 cm³/mol. The van der Waals surface area contributed by atoms with Crippen molar-refractivity contribution in [2.24, 2.45) is 5.92 Å². The largest absolute Gasteiger partial charge is 0.462 e. The second-order valence-electron chi connectivity index (χ2n) is 16.2. The molecule has 0 spiro atoms. The summed E-state index contributed by atoms with van der Waals surface area (Å²) in [6.07, 6.45) is 39.4. The fraction of sp³-hybridized carbons (Fsp3) is 0.935. The number of ether oxygens (including phenoxy) is 3. The molecule has 0 aromatic rings. The van der Waals surface area contributed by atoms with Crippen molar-refractivity contribution >= 4 is 17.9 Å². The van der Waals surface area contributed by atoms with Crippen molar-refractivity contribution in [3.8, 4) is 0 Å². The molecule has 0 aromatic carbocycles. The van der Waals surface area contributed by atoms with Crippen LogP contribution < -0.4 is 0 Å². The van der Waals surface area contributed by atoms with Crippen molar-refractivity contribution < 1.29 is 28.6 Å². The van der Waals surface area contributed by atoms with Crippen molar-refractivity contribution in [2.45, 2.75) is 259 Å². The Balaban J connectivity index is 4.33. The third kappa shape index (κ3) is 39.6. The number of esters is 3. The molecule has 308 valence electrons. The van der Waals surface area contributed by atoms with E-state index in [1.807, 2.05) is 0 Å². The van der Waals surface area contributed by atoms with Crippen LogP contribution in [0.15, 0.2) is 0 Å². The van der Waals surface area contributed by atoms with Gasteiger partial charge in [-0.3, -0.25) is 14.4 Å². The molecule has 0 aliphatic rings. The lowest BCUT2D eigenvalue weighted by molar-refractivity contribution is -0.167. The predicted octanol–water partition coefficient (Wildman–Crippen LogP) is 14.3. The molecular formula is C46H88O6. The highest BCUT2D eigenvalue weighted by molar-refractivity contribution is 5.71. The molecule has 0 bridgehead atoms. The first kappa shape index (κ1) is 50.4. The van der Waals surface area contributed by atoms with Gasteiger partial charge in [-0.25, -0.2) is 0 Å². The standard InChI is InChI=1S/C46H88O6/c1-5-7-9-11-13-15-17-19-20-25-29-33-37-44(47)50-40-43(52-46(49)39-35-31-27-21-18-16-14-12-10-8-6-2)41-51-45(48)38-34-30-26-23-22-24-28-32-36-42(3)4/h42-43H,5-41H2,1-4H3/t43-/m0/s1. The fourth-order valence-electron chi connectivity index (χ4n) is 6.80. The highest BCUT2D eigenvalue weighted by Crippen LogP contribution is 2.16. The normalized spacial score (nSPS) is 11.9. The van der Waals surface area contributed by atoms with Gasteiger partial charge < -0.3 is 14.2 Å². The molecule has 0 amide bonds. The van der Waals surface area contributed by atoms with E-state index in [1.54, 1.807) is 0 Å². The lowest BCUT2D eigenvalue weighted by Gasteiger charge is -2.18. The van der Waals surface area contributed by atoms with E-state index in [1.165, 1.54) is 148 Å². The molecule has 0 aliphatic heterocycles. The molecule has 0 unspecified atom stereocenters. The zero-order valence-electron chi connectivity index (χ0n) is 35.3. The van der Waals surface area contributed by atoms with Crippen molar-refractivity contribution in [1.29, 1.82) is 0 Å². The van der Waals surface area contributed by atoms with Gasteiger partial charge in [-0.2, -0.15) is 0 Å². The summed E-state index contributed by atoms with van der Waals surface area (Å²) in [6.45, 7) is 8.95. The minimum atomic E-state index is -0.759. The maximum atomic E-state index is 12.7. The zero-order valence-corrected chi connectivity index (χ0v) is 35.3. The Morgan fingerprint density at radius 2 is 0.635 bits per heavy atom. The molecule has 0 radical (unpaired) electrons. The van der Waals surface area contributed by atoms with Gasteiger partial charge in [-0.15, -0.1) is 0 Å². The van der Waals surface area contributed by atoms with Gasteiger partial charge in [0.1, 0.15) is 13.2 Å². The van der Waals surface area contributed by atoms with Crippen LogP contribution in [0.5, 0.6) is 0 Å². The smallest absolute Gasteiger partial charge is 0.306 e. The molecule has 0 heterocycles. The second-order valence-corrected chi connectivity index (χ2v) is 16.2. The lowest BCUT2D eigenvalue weighted by atomic mass is 10.0. The molecule has 52 heavy (non-hydrogen) atoms. The SMILES string of the molecule is CCCCCCCCCCCCCCC(=O)OC[C@@H](COC(=O)CCCCCCCCCCC(C)C)OC(=O)CCCCCCCCCCCCC. The summed E-state index contributed by atoms with van der Waals surface area (Å²) in [5.74, 6) is -0.0592. The van der Waals surface area contributed by atoms with E-state index in [2.05, 4.69) is 27.7 Å². The molecule has 0 saturated carbocycles. The minimum Gasteiger partial charge on any atom is -0.462 e. The van der Waals surface area contributed by atoms with Gasteiger partial charge in [0.2, 0.25) is 0 Å². The molecular weight excluding hydrogens is 648 g/mol. The average Bonchev–Trinajstić information content (AvgIpc) is 3.12. The zero-order chi connectivity index (χ0) is 38.2. The molecule has 0 aromatic heterocycles. The van der Waals surface area contributed by atoms with E-state index in [0.717, 1.165) is 63.7 Å². The van der Waals surface area contributed by atoms with E-state index in [0.29, 0.717) is 19.3 Å². The quantitative estimate of drug-likeness (QED) is 0.0353. The molecule has 6 nitrogen and oxygen atoms in total. The van der Waals surface area contributed by atoms with Crippen LogP contribution >= 0.6 is 0 Å². The molecule has 0 saturated heterocycles. The summed E-state index contributed by atoms with van der Waals surface area (Å²) >= 11 is 0. The van der Waals surface area contributed by atoms with E-state index in [4.69, 9.17) is 14.2 Å². The van der Waals surface area contributed by atoms with Crippen LogP contribution in [0.25, 0.3) is 0 Å². The van der Waals surface area contributed by atoms with Crippen LogP contribution in [-0.2, 0) is 28.6 Å². The second kappa shape index (κ2) is 40.6. The number of carbonyl (C=O) groups is 3. The fourth-order valence-corrected chi connectivity index (χ4v) is 6.80. The van der Waals surface area contributed by atoms with Crippen molar-refractivity contribution in [1.82, 2.24) is 0 Å². The molecule has 0 fully saturated rings. The first-order chi connectivity index (χ1) is 25.4. The van der Waals surface area contributed by atoms with Crippen LogP contribution in [0.2, 0.25) is 0 Å². The van der Waals surface area contributed by atoms with E-state index in [9.17, 15) is 14.4 Å². The van der Waals surface area contributed by atoms with Gasteiger partial charge in [-0.1, -0.05) is 214 Å². The molecule has 0 N–H and O–H groups in total. The van der Waals surface area contributed by atoms with Crippen LogP contribution in [0.1, 0.15) is 252 Å². The Labute approximate surface area is 323 Å². The van der Waals surface area contributed by atoms with E-state index in [-0.39, 0.29) is 31.1 Å². The average molecular weight is 737 g/mol. The van der Waals surface area contributed by atoms with Gasteiger partial charge in [0.15, 0.2) is 6.10 Å². The monoisotopic (exact) mass is 737 g/mol. The summed E-state index contributed by atoms with van der Waals surface area (Å²) in [4.78, 5) is 37.7. The third-order valence-electron chi connectivity index (χ3n) is 10.3. The van der Waals surface area contributed by atoms with Crippen molar-refractivity contribution in [2.75, 3.05) is 13.2 Å². The summed E-state index contributed by atoms with van der Waals surface area (Å²) < 4.78 is 16.7. The maximum Gasteiger partial charge on any atom is 0.306 e. The van der Waals surface area contributed by atoms with Crippen molar-refractivity contribution in [3.05, 3.63) is 0 Å². The molecule has 0 aliphatic carbocycles. The first-order valence-corrected chi connectivity index (χ1v) is 22.9. The Morgan fingerprint density at radius 3 is 0.942 bits per heavy atom. The van der Waals surface area contributed by atoms with Crippen LogP contribution in [0.4, 0.5) is 0 Å². The lowest BCUT2D eigenvalue weighted by Crippen LogP contribution is -2.30. The van der Waals surface area contributed by atoms with Crippen molar-refractivity contribution in [3.63, 3.8) is 0 Å². The van der Waals surface area contributed by atoms with Gasteiger partial charge in [-0.05, 0) is 25.2 Å². The van der Waals surface area contributed by atoms with Gasteiger partial charge >= 0.3 is 17.9 Å². The van der Waals surface area contributed by atoms with E-state index >= 15 is 0 Å². The number of hydrogen-bond donors (Lipinski definition) is 0. The summed E-state index contributed by atoms with van der Waals surface area (Å²) in [5, 5.41) is 0. The summed E-state index contributed by atoms with van der Waals surface area (Å²) in [5.41, 5.74) is 0. The van der Waals surface area contributed by atoms with Crippen LogP contribution in [0, 0.1) is 5.92 Å². The maximum absolute atomic E-state index is 12.7. The topological polar surface area (TPSA) is 78.9 Å². The first-order valence-electron chi connectivity index (χ1n) is 22.9. The molecule has 0 rings (SSSR count). The Morgan fingerprint density at radius 1 is 0.365 bits per heavy atom. The minimum absolute atomic E-state index is 0.0640. The van der Waals surface area contributed by atoms with E-state index < -0.39 is 6.10 Å². The molecule has 6 heteroatoms. The Kier molecular flexibility index (Phi) is 39.4. The number of hydrogen-bond acceptors (Lipinski definition) is 6. The summed E-state index contributed by atoms with van der Waals surface area (Å²) in [7, 11) is 0. The summed E-state index contributed by atoms with van der Waals surface area (Å²) in [6, 6.07) is 0. The number of carbonyl (C=O) groups excluding carboxylic acids is 3. The van der Waals surface area contributed by atoms with Gasteiger partial charge in [0, 0.05) is 19.3 Å². The Hall–Kier alpha value is -1.59. The van der Waals surface area contributed by atoms with Gasteiger partial charge in [0.25, 0.3) is 0 Å². The number of unbranched alkanes of at least 4 members (excludes halogenated alkanes) is 28. The van der Waals surface area contributed by atoms with Gasteiger partial charge in [0.05, 0.1) is 0 Å². The Bertz CT molecular complexity index is 781. The van der Waals surface area contributed by atoms with Crippen LogP contribution in [-0.4, -0.2) is 37.2 Å². The highest BCUT2D eigenvalue weighted by Gasteiger charge is 2.19. The highest BCUT2D eigenvalue weighted by atomic mass is 16.6. The molecule has 1 atom stereocenters. The third-order valence-corrected chi connectivity index (χ3v) is 10.3. The number of rotatable bonds is 41. The van der Waals surface area contributed by atoms with Crippen LogP contribution in [0.3, 0.4) is 0 Å².